The highest BCUT2D eigenvalue weighted by Crippen LogP contribution is 2.26. The summed E-state index contributed by atoms with van der Waals surface area (Å²) >= 11 is 8.69. The van der Waals surface area contributed by atoms with Gasteiger partial charge in [-0.1, -0.05) is 24.3 Å². The lowest BCUT2D eigenvalue weighted by Crippen LogP contribution is -2.38. The van der Waals surface area contributed by atoms with E-state index in [4.69, 9.17) is 17.0 Å². The topological polar surface area (TPSA) is 53.6 Å². The first-order valence-electron chi connectivity index (χ1n) is 7.94. The number of hydrogen-bond donors (Lipinski definition) is 2. The van der Waals surface area contributed by atoms with Gasteiger partial charge in [-0.3, -0.25) is 10.1 Å². The van der Waals surface area contributed by atoms with E-state index >= 15 is 0 Å². The van der Waals surface area contributed by atoms with E-state index in [1.807, 2.05) is 42.5 Å². The van der Waals surface area contributed by atoms with Crippen LogP contribution in [0.1, 0.15) is 10.4 Å². The molecular formula is C18H18BrN3O2S. The third-order valence-corrected chi connectivity index (χ3v) is 4.75. The zero-order valence-electron chi connectivity index (χ0n) is 13.5. The molecule has 0 atom stereocenters. The molecule has 5 nitrogen and oxygen atoms in total. The van der Waals surface area contributed by atoms with Gasteiger partial charge in [0.2, 0.25) is 0 Å². The van der Waals surface area contributed by atoms with Gasteiger partial charge in [0.15, 0.2) is 5.11 Å². The maximum atomic E-state index is 12.4. The number of halogens is 1. The molecule has 2 aromatic rings. The quantitative estimate of drug-likeness (QED) is 0.746. The number of amides is 1. The predicted molar refractivity (Wildman–Crippen MR) is 107 cm³/mol. The molecule has 1 aliphatic heterocycles. The minimum Gasteiger partial charge on any atom is -0.378 e. The van der Waals surface area contributed by atoms with Crippen LogP contribution in [0.4, 0.5) is 11.4 Å². The van der Waals surface area contributed by atoms with E-state index in [0.29, 0.717) is 18.8 Å². The molecule has 0 saturated carbocycles. The van der Waals surface area contributed by atoms with Crippen LogP contribution >= 0.6 is 28.1 Å². The molecule has 2 N–H and O–H groups in total. The Morgan fingerprint density at radius 2 is 1.76 bits per heavy atom. The maximum Gasteiger partial charge on any atom is 0.258 e. The minimum atomic E-state index is -0.256. The molecule has 1 amide bonds. The number of ether oxygens (including phenoxy) is 1. The van der Waals surface area contributed by atoms with E-state index in [0.717, 1.165) is 28.9 Å². The van der Waals surface area contributed by atoms with Crippen molar-refractivity contribution in [2.45, 2.75) is 0 Å². The van der Waals surface area contributed by atoms with Crippen molar-refractivity contribution < 1.29 is 9.53 Å². The van der Waals surface area contributed by atoms with Crippen LogP contribution in [0.2, 0.25) is 0 Å². The van der Waals surface area contributed by atoms with Crippen LogP contribution in [0.3, 0.4) is 0 Å². The summed E-state index contributed by atoms with van der Waals surface area (Å²) in [5.74, 6) is -0.256. The molecule has 0 spiro atoms. The average molecular weight is 420 g/mol. The molecule has 0 bridgehead atoms. The van der Waals surface area contributed by atoms with Crippen LogP contribution in [-0.2, 0) is 4.74 Å². The molecular weight excluding hydrogens is 402 g/mol. The second-order valence-electron chi connectivity index (χ2n) is 5.50. The highest BCUT2D eigenvalue weighted by atomic mass is 79.9. The number of rotatable bonds is 3. The molecule has 25 heavy (non-hydrogen) atoms. The fourth-order valence-electron chi connectivity index (χ4n) is 2.63. The number of hydrogen-bond acceptors (Lipinski definition) is 4. The van der Waals surface area contributed by atoms with Crippen molar-refractivity contribution in [1.29, 1.82) is 0 Å². The number of carbonyl (C=O) groups is 1. The SMILES string of the molecule is O=C(NC(=S)Nc1ccccc1N1CCOCC1)c1ccccc1Br. The van der Waals surface area contributed by atoms with Gasteiger partial charge in [-0.25, -0.2) is 0 Å². The van der Waals surface area contributed by atoms with Crippen molar-refractivity contribution >= 4 is 50.5 Å². The zero-order chi connectivity index (χ0) is 17.6. The van der Waals surface area contributed by atoms with Crippen LogP contribution in [0, 0.1) is 0 Å². The van der Waals surface area contributed by atoms with E-state index in [9.17, 15) is 4.79 Å². The van der Waals surface area contributed by atoms with Crippen LogP contribution in [0.5, 0.6) is 0 Å². The third-order valence-electron chi connectivity index (χ3n) is 3.85. The Hall–Kier alpha value is -1.96. The molecule has 0 aliphatic carbocycles. The number of carbonyl (C=O) groups excluding carboxylic acids is 1. The normalized spacial score (nSPS) is 14.0. The lowest BCUT2D eigenvalue weighted by molar-refractivity contribution is 0.0977. The van der Waals surface area contributed by atoms with Gasteiger partial charge in [0.05, 0.1) is 30.2 Å². The highest BCUT2D eigenvalue weighted by Gasteiger charge is 2.16. The van der Waals surface area contributed by atoms with Crippen molar-refractivity contribution in [2.75, 3.05) is 36.5 Å². The fraction of sp³-hybridized carbons (Fsp3) is 0.222. The number of anilines is 2. The highest BCUT2D eigenvalue weighted by molar-refractivity contribution is 9.10. The Morgan fingerprint density at radius 3 is 2.52 bits per heavy atom. The maximum absolute atomic E-state index is 12.4. The van der Waals surface area contributed by atoms with E-state index in [-0.39, 0.29) is 11.0 Å². The summed E-state index contributed by atoms with van der Waals surface area (Å²) in [6.45, 7) is 3.07. The van der Waals surface area contributed by atoms with Gasteiger partial charge < -0.3 is 15.0 Å². The summed E-state index contributed by atoms with van der Waals surface area (Å²) in [6.07, 6.45) is 0. The summed E-state index contributed by atoms with van der Waals surface area (Å²) in [6, 6.07) is 15.1. The molecule has 0 radical (unpaired) electrons. The van der Waals surface area contributed by atoms with E-state index in [1.165, 1.54) is 0 Å². The molecule has 0 aromatic heterocycles. The number of morpholine rings is 1. The first-order chi connectivity index (χ1) is 12.1. The van der Waals surface area contributed by atoms with Crippen molar-refractivity contribution in [2.24, 2.45) is 0 Å². The Balaban J connectivity index is 1.69. The number of para-hydroxylation sites is 2. The Bertz CT molecular complexity index is 778. The number of nitrogens with zero attached hydrogens (tertiary/aromatic N) is 1. The largest absolute Gasteiger partial charge is 0.378 e. The Labute approximate surface area is 160 Å². The number of thiocarbonyl (C=S) groups is 1. The third kappa shape index (κ3) is 4.56. The summed E-state index contributed by atoms with van der Waals surface area (Å²) in [5.41, 5.74) is 2.44. The van der Waals surface area contributed by atoms with Gasteiger partial charge in [-0.15, -0.1) is 0 Å². The van der Waals surface area contributed by atoms with Gasteiger partial charge in [-0.2, -0.15) is 0 Å². The van der Waals surface area contributed by atoms with Crippen LogP contribution in [-0.4, -0.2) is 37.3 Å². The number of nitrogens with one attached hydrogen (secondary N) is 2. The summed E-state index contributed by atoms with van der Waals surface area (Å²) in [5, 5.41) is 6.12. The van der Waals surface area contributed by atoms with Crippen molar-refractivity contribution in [3.63, 3.8) is 0 Å². The van der Waals surface area contributed by atoms with Gasteiger partial charge in [0, 0.05) is 17.6 Å². The van der Waals surface area contributed by atoms with Crippen LogP contribution in [0.25, 0.3) is 0 Å². The smallest absolute Gasteiger partial charge is 0.258 e. The second kappa shape index (κ2) is 8.42. The van der Waals surface area contributed by atoms with E-state index in [1.54, 1.807) is 6.07 Å². The van der Waals surface area contributed by atoms with Gasteiger partial charge >= 0.3 is 0 Å². The van der Waals surface area contributed by atoms with Crippen molar-refractivity contribution in [3.8, 4) is 0 Å². The van der Waals surface area contributed by atoms with Crippen molar-refractivity contribution in [3.05, 3.63) is 58.6 Å². The Kier molecular flexibility index (Phi) is 6.01. The first kappa shape index (κ1) is 17.8. The molecule has 3 rings (SSSR count). The molecule has 1 fully saturated rings. The molecule has 0 unspecified atom stereocenters. The van der Waals surface area contributed by atoms with Gasteiger partial charge in [0.1, 0.15) is 0 Å². The van der Waals surface area contributed by atoms with Gasteiger partial charge in [-0.05, 0) is 52.4 Å². The molecule has 2 aromatic carbocycles. The molecule has 7 heteroatoms. The van der Waals surface area contributed by atoms with Crippen LogP contribution in [0.15, 0.2) is 53.0 Å². The lowest BCUT2D eigenvalue weighted by atomic mass is 10.2. The minimum absolute atomic E-state index is 0.256. The fourth-order valence-corrected chi connectivity index (χ4v) is 3.30. The zero-order valence-corrected chi connectivity index (χ0v) is 15.9. The molecule has 130 valence electrons. The Morgan fingerprint density at radius 1 is 1.08 bits per heavy atom. The monoisotopic (exact) mass is 419 g/mol. The lowest BCUT2D eigenvalue weighted by Gasteiger charge is -2.30. The second-order valence-corrected chi connectivity index (χ2v) is 6.77. The molecule has 1 aliphatic rings. The number of benzene rings is 2. The van der Waals surface area contributed by atoms with Crippen molar-refractivity contribution in [1.82, 2.24) is 5.32 Å². The summed E-state index contributed by atoms with van der Waals surface area (Å²) in [4.78, 5) is 14.6. The molecule has 1 saturated heterocycles. The summed E-state index contributed by atoms with van der Waals surface area (Å²) < 4.78 is 6.13. The summed E-state index contributed by atoms with van der Waals surface area (Å²) in [7, 11) is 0. The predicted octanol–water partition coefficient (Wildman–Crippen LogP) is 3.41. The van der Waals surface area contributed by atoms with Crippen LogP contribution < -0.4 is 15.5 Å². The standard InChI is InChI=1S/C18H18BrN3O2S/c19-14-6-2-1-5-13(14)17(23)21-18(25)20-15-7-3-4-8-16(15)22-9-11-24-12-10-22/h1-8H,9-12H2,(H2,20,21,23,25). The average Bonchev–Trinajstić information content (AvgIpc) is 2.63. The van der Waals surface area contributed by atoms with E-state index < -0.39 is 0 Å². The molecule has 1 heterocycles. The van der Waals surface area contributed by atoms with E-state index in [2.05, 4.69) is 31.5 Å². The van der Waals surface area contributed by atoms with Gasteiger partial charge in [0.25, 0.3) is 5.91 Å². The first-order valence-corrected chi connectivity index (χ1v) is 9.14.